The van der Waals surface area contributed by atoms with Crippen LogP contribution in [0, 0.1) is 31.1 Å². The molecule has 4 aromatic heterocycles. The maximum atomic E-state index is 12.5. The van der Waals surface area contributed by atoms with E-state index in [0.717, 1.165) is 81.4 Å². The van der Waals surface area contributed by atoms with Gasteiger partial charge < -0.3 is 14.6 Å². The summed E-state index contributed by atoms with van der Waals surface area (Å²) in [5, 5.41) is 19.4. The molecule has 0 unspecified atom stereocenters. The second-order valence-corrected chi connectivity index (χ2v) is 19.6. The number of carbonyl (C=O) groups is 1. The molecule has 10 heteroatoms. The molecule has 6 rings (SSSR count). The van der Waals surface area contributed by atoms with Crippen molar-refractivity contribution in [2.75, 3.05) is 6.61 Å². The summed E-state index contributed by atoms with van der Waals surface area (Å²) in [6, 6.07) is 9.81. The van der Waals surface area contributed by atoms with Gasteiger partial charge in [-0.05, 0) is 63.8 Å². The summed E-state index contributed by atoms with van der Waals surface area (Å²) in [5.41, 5.74) is 7.01. The molecule has 8 nitrogen and oxygen atoms in total. The second kappa shape index (κ2) is 10.9. The van der Waals surface area contributed by atoms with Crippen LogP contribution in [0.4, 0.5) is 0 Å². The molecule has 0 aromatic carbocycles. The molecule has 2 aliphatic rings. The van der Waals surface area contributed by atoms with Gasteiger partial charge in [0.1, 0.15) is 23.3 Å². The van der Waals surface area contributed by atoms with Crippen LogP contribution in [0.25, 0.3) is 33.4 Å². The number of rotatable bonds is 9. The predicted molar refractivity (Wildman–Crippen MR) is 166 cm³/mol. The number of nitrogens with zero attached hydrogens (tertiary/aromatic N) is 5. The Hall–Kier alpha value is -3.26. The highest BCUT2D eigenvalue weighted by Crippen LogP contribution is 2.46. The predicted octanol–water partition coefficient (Wildman–Crippen LogP) is 6.27. The minimum absolute atomic E-state index is 0.0874. The molecule has 1 aliphatic heterocycles. The molecule has 1 N–H and O–H groups in total. The van der Waals surface area contributed by atoms with E-state index >= 15 is 0 Å². The average Bonchev–Trinajstić information content (AvgIpc) is 3.55. The van der Waals surface area contributed by atoms with Gasteiger partial charge >= 0.3 is 0 Å². The first-order valence-electron chi connectivity index (χ1n) is 14.6. The molecule has 1 fully saturated rings. The third-order valence-electron chi connectivity index (χ3n) is 8.15. The van der Waals surface area contributed by atoms with E-state index < -0.39 is 8.07 Å². The molecule has 1 saturated carbocycles. The van der Waals surface area contributed by atoms with Gasteiger partial charge in [-0.15, -0.1) is 11.3 Å². The average molecular weight is 587 g/mol. The number of aryl methyl sites for hydroxylation is 2. The SMILES string of the molecule is Cc1cc(-c2c(-c3c(C)nn4c3CC[C@@H](NC(=O)C3CC3)C4)n(COCC[Si](C)(C)C)c3ncccc23)c(C#N)s1. The van der Waals surface area contributed by atoms with Crippen LogP contribution in [0.3, 0.4) is 0 Å². The van der Waals surface area contributed by atoms with E-state index in [-0.39, 0.29) is 17.9 Å². The van der Waals surface area contributed by atoms with Crippen molar-refractivity contribution in [2.45, 2.75) is 84.5 Å². The monoisotopic (exact) mass is 586 g/mol. The fourth-order valence-corrected chi connectivity index (χ4v) is 7.46. The largest absolute Gasteiger partial charge is 0.361 e. The van der Waals surface area contributed by atoms with Crippen molar-refractivity contribution in [3.05, 3.63) is 45.5 Å². The fourth-order valence-electron chi connectivity index (χ4n) is 5.89. The topological polar surface area (TPSA) is 97.8 Å². The number of hydrogen-bond acceptors (Lipinski definition) is 6. The molecular formula is C31H38N6O2SSi. The number of thiophene rings is 1. The Morgan fingerprint density at radius 2 is 2.05 bits per heavy atom. The van der Waals surface area contributed by atoms with Crippen molar-refractivity contribution >= 4 is 36.4 Å². The molecule has 1 amide bonds. The number of nitriles is 1. The lowest BCUT2D eigenvalue weighted by Gasteiger charge is -2.25. The first-order valence-corrected chi connectivity index (χ1v) is 19.1. The molecule has 214 valence electrons. The van der Waals surface area contributed by atoms with E-state index in [1.807, 2.05) is 12.3 Å². The first-order chi connectivity index (χ1) is 19.6. The zero-order valence-corrected chi connectivity index (χ0v) is 26.4. The molecule has 0 spiro atoms. The quantitative estimate of drug-likeness (QED) is 0.184. The molecule has 0 radical (unpaired) electrons. The number of aromatic nitrogens is 4. The van der Waals surface area contributed by atoms with Gasteiger partial charge in [-0.25, -0.2) is 4.98 Å². The molecular weight excluding hydrogens is 549 g/mol. The highest BCUT2D eigenvalue weighted by atomic mass is 32.1. The minimum atomic E-state index is -1.25. The number of nitrogens with one attached hydrogen (secondary N) is 1. The molecule has 4 aromatic rings. The zero-order valence-electron chi connectivity index (χ0n) is 24.6. The van der Waals surface area contributed by atoms with Crippen LogP contribution in [0.15, 0.2) is 24.4 Å². The number of carbonyl (C=O) groups excluding carboxylic acids is 1. The van der Waals surface area contributed by atoms with Gasteiger partial charge in [-0.3, -0.25) is 9.48 Å². The molecule has 0 bridgehead atoms. The molecule has 5 heterocycles. The summed E-state index contributed by atoms with van der Waals surface area (Å²) < 4.78 is 10.6. The Labute approximate surface area is 246 Å². The summed E-state index contributed by atoms with van der Waals surface area (Å²) in [6.07, 6.45) is 5.51. The van der Waals surface area contributed by atoms with Gasteiger partial charge in [0.05, 0.1) is 17.9 Å². The molecule has 0 saturated heterocycles. The van der Waals surface area contributed by atoms with Gasteiger partial charge in [0.15, 0.2) is 0 Å². The van der Waals surface area contributed by atoms with Crippen molar-refractivity contribution in [3.8, 4) is 28.5 Å². The lowest BCUT2D eigenvalue weighted by atomic mass is 9.94. The minimum Gasteiger partial charge on any atom is -0.361 e. The number of hydrogen-bond donors (Lipinski definition) is 1. The summed E-state index contributed by atoms with van der Waals surface area (Å²) in [6.45, 7) is 12.9. The second-order valence-electron chi connectivity index (χ2n) is 12.7. The van der Waals surface area contributed by atoms with Crippen LogP contribution >= 0.6 is 11.3 Å². The molecule has 1 atom stereocenters. The normalized spacial score (nSPS) is 17.0. The van der Waals surface area contributed by atoms with Gasteiger partial charge in [-0.2, -0.15) is 10.4 Å². The summed E-state index contributed by atoms with van der Waals surface area (Å²) in [4.78, 5) is 19.1. The van der Waals surface area contributed by atoms with Crippen molar-refractivity contribution in [2.24, 2.45) is 5.92 Å². The zero-order chi connectivity index (χ0) is 28.9. The molecule has 1 aliphatic carbocycles. The third kappa shape index (κ3) is 5.50. The number of pyridine rings is 1. The van der Waals surface area contributed by atoms with E-state index in [0.29, 0.717) is 24.8 Å². The van der Waals surface area contributed by atoms with Crippen molar-refractivity contribution < 1.29 is 9.53 Å². The Morgan fingerprint density at radius 1 is 1.24 bits per heavy atom. The Kier molecular flexibility index (Phi) is 7.38. The van der Waals surface area contributed by atoms with Crippen molar-refractivity contribution in [1.82, 2.24) is 24.6 Å². The Morgan fingerprint density at radius 3 is 2.78 bits per heavy atom. The lowest BCUT2D eigenvalue weighted by molar-refractivity contribution is -0.123. The maximum absolute atomic E-state index is 12.5. The number of amides is 1. The van der Waals surface area contributed by atoms with E-state index in [2.05, 4.69) is 66.3 Å². The Bertz CT molecular complexity index is 1670. The fraction of sp³-hybridized carbons (Fsp3) is 0.484. The maximum Gasteiger partial charge on any atom is 0.223 e. The van der Waals surface area contributed by atoms with E-state index in [9.17, 15) is 10.1 Å². The lowest BCUT2D eigenvalue weighted by Crippen LogP contribution is -2.41. The third-order valence-corrected chi connectivity index (χ3v) is 10.8. The summed E-state index contributed by atoms with van der Waals surface area (Å²) in [7, 11) is -1.25. The van der Waals surface area contributed by atoms with Crippen LogP contribution in [0.5, 0.6) is 0 Å². The van der Waals surface area contributed by atoms with Gasteiger partial charge in [-0.1, -0.05) is 19.6 Å². The van der Waals surface area contributed by atoms with Crippen LogP contribution in [-0.4, -0.2) is 46.0 Å². The van der Waals surface area contributed by atoms with Crippen molar-refractivity contribution in [3.63, 3.8) is 0 Å². The van der Waals surface area contributed by atoms with Crippen LogP contribution in [0.1, 0.15) is 40.4 Å². The van der Waals surface area contributed by atoms with Gasteiger partial charge in [0, 0.05) is 65.5 Å². The van der Waals surface area contributed by atoms with E-state index in [4.69, 9.17) is 14.8 Å². The smallest absolute Gasteiger partial charge is 0.223 e. The van der Waals surface area contributed by atoms with Gasteiger partial charge in [0.25, 0.3) is 0 Å². The first kappa shape index (κ1) is 27.9. The van der Waals surface area contributed by atoms with Crippen LogP contribution < -0.4 is 5.32 Å². The number of fused-ring (bicyclic) bond motifs is 2. The van der Waals surface area contributed by atoms with Crippen molar-refractivity contribution in [1.29, 1.82) is 5.26 Å². The number of ether oxygens (including phenoxy) is 1. The highest BCUT2D eigenvalue weighted by Gasteiger charge is 2.34. The highest BCUT2D eigenvalue weighted by molar-refractivity contribution is 7.13. The van der Waals surface area contributed by atoms with Gasteiger partial charge in [0.2, 0.25) is 5.91 Å². The van der Waals surface area contributed by atoms with E-state index in [1.54, 1.807) is 0 Å². The summed E-state index contributed by atoms with van der Waals surface area (Å²) in [5.74, 6) is 0.379. The van der Waals surface area contributed by atoms with E-state index in [1.165, 1.54) is 11.3 Å². The van der Waals surface area contributed by atoms with Crippen LogP contribution in [-0.2, 0) is 29.2 Å². The summed E-state index contributed by atoms with van der Waals surface area (Å²) >= 11 is 1.52. The molecule has 41 heavy (non-hydrogen) atoms. The van der Waals surface area contributed by atoms with Crippen LogP contribution in [0.2, 0.25) is 25.7 Å². The Balaban J connectivity index is 1.48. The standard InChI is InChI=1S/C31H38N6O2SSi/c1-19-15-24(26(16-32)40-19)28-23-7-6-12-33-30(23)36(18-39-13-14-41(3,4)5)29(28)27-20(2)35-37-17-22(10-11-25(27)37)34-31(38)21-8-9-21/h6-7,12,15,21-22H,8-11,13-14,17-18H2,1-5H3,(H,34,38)/t22-/m1/s1.